The van der Waals surface area contributed by atoms with Crippen LogP contribution in [0.25, 0.3) is 0 Å². The standard InChI is InChI=1S/C16H31N3O3.CH2O2/c1-12(18-15(21)22-16(3,4)5)10-17-9-8-14-7-6-13(2)19(14)11-20;2-1-3/h11-14,17H,6-10H2,1-5H3,(H,18,21);1H,(H,2,3). The number of ether oxygens (including phenoxy) is 1. The number of carbonyl (C=O) groups is 3. The summed E-state index contributed by atoms with van der Waals surface area (Å²) in [4.78, 5) is 33.0. The van der Waals surface area contributed by atoms with Gasteiger partial charge in [0.25, 0.3) is 6.47 Å². The first-order valence-electron chi connectivity index (χ1n) is 8.65. The summed E-state index contributed by atoms with van der Waals surface area (Å²) in [7, 11) is 0. The second kappa shape index (κ2) is 11.7. The van der Waals surface area contributed by atoms with E-state index in [1.165, 1.54) is 0 Å². The number of likely N-dealkylation sites (tertiary alicyclic amines) is 1. The summed E-state index contributed by atoms with van der Waals surface area (Å²) >= 11 is 0. The number of alkyl carbamates (subject to hydrolysis) is 1. The highest BCUT2D eigenvalue weighted by atomic mass is 16.6. The van der Waals surface area contributed by atoms with Crippen LogP contribution in [0.2, 0.25) is 0 Å². The lowest BCUT2D eigenvalue weighted by molar-refractivity contribution is -0.123. The molecule has 1 fully saturated rings. The molecule has 1 saturated heterocycles. The topological polar surface area (TPSA) is 108 Å². The second-order valence-electron chi connectivity index (χ2n) is 7.28. The molecule has 1 aliphatic rings. The van der Waals surface area contributed by atoms with Crippen molar-refractivity contribution in [1.29, 1.82) is 0 Å². The van der Waals surface area contributed by atoms with Gasteiger partial charge in [-0.05, 0) is 60.4 Å². The van der Waals surface area contributed by atoms with Gasteiger partial charge in [-0.3, -0.25) is 9.59 Å². The Hall–Kier alpha value is -1.83. The minimum Gasteiger partial charge on any atom is -0.483 e. The van der Waals surface area contributed by atoms with Crippen molar-refractivity contribution in [3.8, 4) is 0 Å². The maximum atomic E-state index is 11.6. The first-order chi connectivity index (χ1) is 11.6. The third-order valence-electron chi connectivity index (χ3n) is 3.84. The van der Waals surface area contributed by atoms with Crippen LogP contribution >= 0.6 is 0 Å². The molecule has 0 bridgehead atoms. The van der Waals surface area contributed by atoms with E-state index >= 15 is 0 Å². The van der Waals surface area contributed by atoms with E-state index in [9.17, 15) is 9.59 Å². The molecular weight excluding hydrogens is 326 g/mol. The van der Waals surface area contributed by atoms with Gasteiger partial charge in [-0.2, -0.15) is 0 Å². The van der Waals surface area contributed by atoms with Crippen molar-refractivity contribution < 1.29 is 24.2 Å². The van der Waals surface area contributed by atoms with E-state index in [0.717, 1.165) is 32.2 Å². The minimum atomic E-state index is -0.477. The highest BCUT2D eigenvalue weighted by Gasteiger charge is 2.28. The first kappa shape index (κ1) is 23.2. The Morgan fingerprint density at radius 3 is 2.48 bits per heavy atom. The lowest BCUT2D eigenvalue weighted by Crippen LogP contribution is -2.43. The van der Waals surface area contributed by atoms with Crippen molar-refractivity contribution in [2.75, 3.05) is 13.1 Å². The molecule has 0 aliphatic carbocycles. The lowest BCUT2D eigenvalue weighted by atomic mass is 10.1. The third kappa shape index (κ3) is 10.6. The van der Waals surface area contributed by atoms with Crippen LogP contribution in [0.5, 0.6) is 0 Å². The maximum absolute atomic E-state index is 11.6. The van der Waals surface area contributed by atoms with E-state index in [-0.39, 0.29) is 12.5 Å². The van der Waals surface area contributed by atoms with Crippen molar-refractivity contribution in [2.45, 2.75) is 77.6 Å². The van der Waals surface area contributed by atoms with Crippen LogP contribution in [0, 0.1) is 0 Å². The second-order valence-corrected chi connectivity index (χ2v) is 7.28. The van der Waals surface area contributed by atoms with Crippen LogP contribution in [0.3, 0.4) is 0 Å². The first-order valence-corrected chi connectivity index (χ1v) is 8.65. The molecule has 1 heterocycles. The smallest absolute Gasteiger partial charge is 0.407 e. The number of hydrogen-bond acceptors (Lipinski definition) is 5. The monoisotopic (exact) mass is 359 g/mol. The number of rotatable bonds is 7. The summed E-state index contributed by atoms with van der Waals surface area (Å²) in [6.07, 6.45) is 3.68. The third-order valence-corrected chi connectivity index (χ3v) is 3.84. The number of amides is 2. The molecule has 8 nitrogen and oxygen atoms in total. The van der Waals surface area contributed by atoms with Crippen LogP contribution in [0.15, 0.2) is 0 Å². The van der Waals surface area contributed by atoms with Gasteiger partial charge in [0.05, 0.1) is 0 Å². The lowest BCUT2D eigenvalue weighted by Gasteiger charge is -2.24. The maximum Gasteiger partial charge on any atom is 0.407 e. The number of carbonyl (C=O) groups excluding carboxylic acids is 2. The summed E-state index contributed by atoms with van der Waals surface area (Å²) < 4.78 is 5.21. The zero-order valence-electron chi connectivity index (χ0n) is 15.9. The Bertz CT molecular complexity index is 412. The van der Waals surface area contributed by atoms with Gasteiger partial charge in [0, 0.05) is 24.7 Å². The quantitative estimate of drug-likeness (QED) is 0.471. The van der Waals surface area contributed by atoms with Crippen LogP contribution in [-0.2, 0) is 14.3 Å². The predicted molar refractivity (Wildman–Crippen MR) is 95.4 cm³/mol. The SMILES string of the molecule is CC(CNCCC1CCC(C)N1C=O)NC(=O)OC(C)(C)C.O=CO. The van der Waals surface area contributed by atoms with E-state index in [0.29, 0.717) is 18.6 Å². The molecule has 0 aromatic rings. The summed E-state index contributed by atoms with van der Waals surface area (Å²) in [5, 5.41) is 13.0. The Morgan fingerprint density at radius 2 is 1.96 bits per heavy atom. The molecule has 2 amide bonds. The van der Waals surface area contributed by atoms with E-state index in [1.807, 2.05) is 32.6 Å². The molecule has 3 atom stereocenters. The number of hydrogen-bond donors (Lipinski definition) is 3. The van der Waals surface area contributed by atoms with Crippen LogP contribution in [0.1, 0.15) is 53.9 Å². The van der Waals surface area contributed by atoms with Gasteiger partial charge < -0.3 is 25.4 Å². The Balaban J connectivity index is 0.00000178. The summed E-state index contributed by atoms with van der Waals surface area (Å²) in [5.41, 5.74) is -0.477. The average Bonchev–Trinajstić information content (AvgIpc) is 2.82. The van der Waals surface area contributed by atoms with Gasteiger partial charge in [-0.25, -0.2) is 4.79 Å². The molecule has 0 aromatic carbocycles. The zero-order chi connectivity index (χ0) is 19.5. The Kier molecular flexibility index (Phi) is 10.8. The highest BCUT2D eigenvalue weighted by Crippen LogP contribution is 2.23. The van der Waals surface area contributed by atoms with Crippen LogP contribution in [0.4, 0.5) is 4.79 Å². The predicted octanol–water partition coefficient (Wildman–Crippen LogP) is 1.59. The van der Waals surface area contributed by atoms with E-state index in [2.05, 4.69) is 17.6 Å². The van der Waals surface area contributed by atoms with Crippen molar-refractivity contribution in [3.63, 3.8) is 0 Å². The molecule has 25 heavy (non-hydrogen) atoms. The van der Waals surface area contributed by atoms with Crippen molar-refractivity contribution in [2.24, 2.45) is 0 Å². The highest BCUT2D eigenvalue weighted by molar-refractivity contribution is 5.68. The average molecular weight is 359 g/mol. The van der Waals surface area contributed by atoms with E-state index in [4.69, 9.17) is 14.6 Å². The van der Waals surface area contributed by atoms with Crippen molar-refractivity contribution in [3.05, 3.63) is 0 Å². The van der Waals surface area contributed by atoms with Gasteiger partial charge in [-0.1, -0.05) is 0 Å². The van der Waals surface area contributed by atoms with Gasteiger partial charge in [0.15, 0.2) is 0 Å². The molecule has 1 rings (SSSR count). The van der Waals surface area contributed by atoms with Crippen molar-refractivity contribution >= 4 is 19.0 Å². The normalized spacial score (nSPS) is 20.9. The summed E-state index contributed by atoms with van der Waals surface area (Å²) in [6, 6.07) is 0.698. The summed E-state index contributed by atoms with van der Waals surface area (Å²) in [6.45, 7) is 10.8. The minimum absolute atomic E-state index is 0.000439. The molecule has 1 aliphatic heterocycles. The molecule has 0 radical (unpaired) electrons. The largest absolute Gasteiger partial charge is 0.483 e. The van der Waals surface area contributed by atoms with E-state index < -0.39 is 11.7 Å². The van der Waals surface area contributed by atoms with Gasteiger partial charge in [0.1, 0.15) is 5.60 Å². The molecule has 146 valence electrons. The van der Waals surface area contributed by atoms with Gasteiger partial charge in [-0.15, -0.1) is 0 Å². The number of nitrogens with one attached hydrogen (secondary N) is 2. The fraction of sp³-hybridized carbons (Fsp3) is 0.824. The molecule has 0 saturated carbocycles. The van der Waals surface area contributed by atoms with Gasteiger partial charge >= 0.3 is 6.09 Å². The molecular formula is C17H33N3O5. The number of carboxylic acid groups (broad SMARTS) is 1. The molecule has 3 unspecified atom stereocenters. The van der Waals surface area contributed by atoms with Crippen LogP contribution < -0.4 is 10.6 Å². The zero-order valence-corrected chi connectivity index (χ0v) is 15.9. The Labute approximate surface area is 150 Å². The molecule has 0 aromatic heterocycles. The van der Waals surface area contributed by atoms with Crippen molar-refractivity contribution in [1.82, 2.24) is 15.5 Å². The molecule has 3 N–H and O–H groups in total. The van der Waals surface area contributed by atoms with Crippen LogP contribution in [-0.4, -0.2) is 65.8 Å². The summed E-state index contributed by atoms with van der Waals surface area (Å²) in [5.74, 6) is 0. The van der Waals surface area contributed by atoms with E-state index in [1.54, 1.807) is 0 Å². The Morgan fingerprint density at radius 1 is 1.36 bits per heavy atom. The molecule has 8 heteroatoms. The fourth-order valence-electron chi connectivity index (χ4n) is 2.72. The van der Waals surface area contributed by atoms with Gasteiger partial charge in [0.2, 0.25) is 6.41 Å². The number of nitrogens with zero attached hydrogens (tertiary/aromatic N) is 1. The molecule has 0 spiro atoms. The fourth-order valence-corrected chi connectivity index (χ4v) is 2.72.